The van der Waals surface area contributed by atoms with Gasteiger partial charge in [-0.3, -0.25) is 14.4 Å². The van der Waals surface area contributed by atoms with Crippen molar-refractivity contribution in [3.63, 3.8) is 0 Å². The quantitative estimate of drug-likeness (QED) is 0.0261. The molecule has 0 radical (unpaired) electrons. The van der Waals surface area contributed by atoms with Crippen molar-refractivity contribution in [3.05, 3.63) is 170 Å². The Balaban J connectivity index is 4.55. The number of esters is 3. The molecule has 6 nitrogen and oxygen atoms in total. The van der Waals surface area contributed by atoms with Crippen molar-refractivity contribution in [2.45, 2.75) is 245 Å². The maximum absolute atomic E-state index is 12.9. The molecule has 77 heavy (non-hydrogen) atoms. The molecule has 0 amide bonds. The predicted octanol–water partition coefficient (Wildman–Crippen LogP) is 21.1. The van der Waals surface area contributed by atoms with E-state index in [1.54, 1.807) is 0 Å². The van der Waals surface area contributed by atoms with Crippen LogP contribution in [0.3, 0.4) is 0 Å². The standard InChI is InChI=1S/C71H110O6/c1-4-7-10-13-16-19-22-25-27-29-31-33-35-37-39-41-43-46-49-52-55-58-61-64-70(73)76-67-68(66-75-69(72)63-60-57-54-51-48-45-24-21-18-15-12-9-6-3)77-71(74)65-62-59-56-53-50-47-44-42-40-38-36-34-32-30-28-26-23-20-17-14-11-8-5-2/h7,9-10,12,16,18-19,21,23,25-27,30-33,36-39,43,45-46,48,52,54-55,57,68H,4-6,8,11,13-15,17,20,22,24,28-29,34-35,40-42,44,47,49-51,53,56,58-67H2,1-3H3/b10-7-,12-9-,19-16-,21-18-,26-23-,27-25-,32-30-,33-31-,38-36-,39-37-,46-43-,48-45-,55-52-,57-54-. The molecule has 1 atom stereocenters. The summed E-state index contributed by atoms with van der Waals surface area (Å²) in [6.45, 7) is 6.27. The zero-order chi connectivity index (χ0) is 55.7. The van der Waals surface area contributed by atoms with Crippen molar-refractivity contribution in [3.8, 4) is 0 Å². The average molecular weight is 1060 g/mol. The van der Waals surface area contributed by atoms with Gasteiger partial charge in [0.15, 0.2) is 6.10 Å². The second kappa shape index (κ2) is 63.3. The SMILES string of the molecule is CC/C=C\C/C=C\C/C=C\C/C=C\C/C=C\C/C=C\C/C=C\CCCC(=O)OCC(COC(=O)CC/C=C\C/C=C\C/C=C\C/C=C\CC)OC(=O)CCCCCCCCCC/C=C\C/C=C\C/C=C\CCCCCCC. The molecule has 0 aliphatic heterocycles. The molecule has 0 spiro atoms. The van der Waals surface area contributed by atoms with Crippen molar-refractivity contribution >= 4 is 17.9 Å². The Bertz CT molecular complexity index is 1790. The van der Waals surface area contributed by atoms with Crippen molar-refractivity contribution in [2.75, 3.05) is 13.2 Å². The zero-order valence-corrected chi connectivity index (χ0v) is 49.1. The first kappa shape index (κ1) is 71.8. The van der Waals surface area contributed by atoms with Gasteiger partial charge in [0.05, 0.1) is 0 Å². The number of hydrogen-bond acceptors (Lipinski definition) is 6. The van der Waals surface area contributed by atoms with E-state index in [0.29, 0.717) is 12.8 Å². The first-order chi connectivity index (χ1) is 38.0. The Morgan fingerprint density at radius 1 is 0.273 bits per heavy atom. The van der Waals surface area contributed by atoms with E-state index in [1.807, 2.05) is 12.2 Å². The van der Waals surface area contributed by atoms with Gasteiger partial charge >= 0.3 is 17.9 Å². The lowest BCUT2D eigenvalue weighted by Gasteiger charge is -2.18. The summed E-state index contributed by atoms with van der Waals surface area (Å²) in [5.74, 6) is -1.09. The van der Waals surface area contributed by atoms with E-state index >= 15 is 0 Å². The van der Waals surface area contributed by atoms with Crippen LogP contribution in [0.25, 0.3) is 0 Å². The largest absolute Gasteiger partial charge is 0.462 e. The van der Waals surface area contributed by atoms with E-state index in [2.05, 4.69) is 179 Å². The van der Waals surface area contributed by atoms with Crippen LogP contribution < -0.4 is 0 Å². The van der Waals surface area contributed by atoms with Crippen LogP contribution in [0.5, 0.6) is 0 Å². The topological polar surface area (TPSA) is 78.9 Å². The third-order valence-corrected chi connectivity index (χ3v) is 12.2. The molecular weight excluding hydrogens is 949 g/mol. The third-order valence-electron chi connectivity index (χ3n) is 12.2. The summed E-state index contributed by atoms with van der Waals surface area (Å²) >= 11 is 0. The number of rotatable bonds is 53. The normalized spacial score (nSPS) is 13.3. The summed E-state index contributed by atoms with van der Waals surface area (Å²) in [5.41, 5.74) is 0. The highest BCUT2D eigenvalue weighted by Gasteiger charge is 2.19. The summed E-state index contributed by atoms with van der Waals surface area (Å²) in [6.07, 6.45) is 93.7. The second-order valence-electron chi connectivity index (χ2n) is 19.5. The van der Waals surface area contributed by atoms with Gasteiger partial charge in [-0.15, -0.1) is 0 Å². The number of carbonyl (C=O) groups is 3. The highest BCUT2D eigenvalue weighted by Crippen LogP contribution is 2.13. The van der Waals surface area contributed by atoms with Gasteiger partial charge in [-0.05, 0) is 135 Å². The van der Waals surface area contributed by atoms with Crippen LogP contribution in [0.4, 0.5) is 0 Å². The highest BCUT2D eigenvalue weighted by molar-refractivity contribution is 5.71. The molecule has 430 valence electrons. The van der Waals surface area contributed by atoms with E-state index in [1.165, 1.54) is 64.2 Å². The zero-order valence-electron chi connectivity index (χ0n) is 49.1. The van der Waals surface area contributed by atoms with Gasteiger partial charge in [-0.2, -0.15) is 0 Å². The van der Waals surface area contributed by atoms with E-state index in [0.717, 1.165) is 122 Å². The summed E-state index contributed by atoms with van der Waals surface area (Å²) in [6, 6.07) is 0. The minimum Gasteiger partial charge on any atom is -0.462 e. The van der Waals surface area contributed by atoms with Crippen LogP contribution in [0.15, 0.2) is 170 Å². The molecule has 0 saturated heterocycles. The molecule has 0 rings (SSSR count). The highest BCUT2D eigenvalue weighted by atomic mass is 16.6. The summed E-state index contributed by atoms with van der Waals surface area (Å²) < 4.78 is 16.8. The Hall–Kier alpha value is -5.23. The fraction of sp³-hybridized carbons (Fsp3) is 0.563. The molecule has 0 fully saturated rings. The van der Waals surface area contributed by atoms with Gasteiger partial charge in [-0.25, -0.2) is 0 Å². The maximum atomic E-state index is 12.9. The minimum absolute atomic E-state index is 0.142. The van der Waals surface area contributed by atoms with Gasteiger partial charge in [-0.1, -0.05) is 255 Å². The lowest BCUT2D eigenvalue weighted by atomic mass is 10.1. The van der Waals surface area contributed by atoms with Crippen LogP contribution in [-0.4, -0.2) is 37.2 Å². The van der Waals surface area contributed by atoms with Gasteiger partial charge in [0.1, 0.15) is 13.2 Å². The van der Waals surface area contributed by atoms with E-state index in [-0.39, 0.29) is 50.4 Å². The fourth-order valence-electron chi connectivity index (χ4n) is 7.69. The molecular formula is C71H110O6. The lowest BCUT2D eigenvalue weighted by molar-refractivity contribution is -0.166. The number of hydrogen-bond donors (Lipinski definition) is 0. The maximum Gasteiger partial charge on any atom is 0.306 e. The van der Waals surface area contributed by atoms with E-state index in [4.69, 9.17) is 14.2 Å². The predicted molar refractivity (Wildman–Crippen MR) is 334 cm³/mol. The van der Waals surface area contributed by atoms with Gasteiger partial charge in [0, 0.05) is 19.3 Å². The first-order valence-electron chi connectivity index (χ1n) is 30.6. The monoisotopic (exact) mass is 1060 g/mol. The van der Waals surface area contributed by atoms with Gasteiger partial charge in [0.25, 0.3) is 0 Å². The van der Waals surface area contributed by atoms with Crippen LogP contribution in [0.2, 0.25) is 0 Å². The molecule has 0 N–H and O–H groups in total. The van der Waals surface area contributed by atoms with Crippen LogP contribution >= 0.6 is 0 Å². The first-order valence-corrected chi connectivity index (χ1v) is 30.6. The molecule has 0 aliphatic rings. The van der Waals surface area contributed by atoms with E-state index in [9.17, 15) is 14.4 Å². The molecule has 1 unspecified atom stereocenters. The number of ether oxygens (including phenoxy) is 3. The molecule has 0 aromatic rings. The van der Waals surface area contributed by atoms with Crippen molar-refractivity contribution < 1.29 is 28.6 Å². The second-order valence-corrected chi connectivity index (χ2v) is 19.5. The van der Waals surface area contributed by atoms with Crippen LogP contribution in [-0.2, 0) is 28.6 Å². The molecule has 0 heterocycles. The number of allylic oxidation sites excluding steroid dienone is 28. The molecule has 0 aliphatic carbocycles. The Morgan fingerprint density at radius 2 is 0.545 bits per heavy atom. The van der Waals surface area contributed by atoms with Gasteiger partial charge in [0.2, 0.25) is 0 Å². The number of unbranched alkanes of at least 4 members (excludes halogenated alkanes) is 14. The summed E-state index contributed by atoms with van der Waals surface area (Å²) in [5, 5.41) is 0. The lowest BCUT2D eigenvalue weighted by Crippen LogP contribution is -2.30. The van der Waals surface area contributed by atoms with Crippen molar-refractivity contribution in [1.82, 2.24) is 0 Å². The molecule has 0 saturated carbocycles. The number of carbonyl (C=O) groups excluding carboxylic acids is 3. The summed E-state index contributed by atoms with van der Waals surface area (Å²) in [4.78, 5) is 38.2. The molecule has 6 heteroatoms. The molecule has 0 aromatic heterocycles. The molecule has 0 aromatic carbocycles. The van der Waals surface area contributed by atoms with Crippen LogP contribution in [0, 0.1) is 0 Å². The summed E-state index contributed by atoms with van der Waals surface area (Å²) in [7, 11) is 0. The third kappa shape index (κ3) is 61.5. The Labute approximate surface area is 472 Å². The van der Waals surface area contributed by atoms with Crippen molar-refractivity contribution in [2.24, 2.45) is 0 Å². The van der Waals surface area contributed by atoms with E-state index < -0.39 is 6.10 Å². The minimum atomic E-state index is -0.845. The smallest absolute Gasteiger partial charge is 0.306 e. The van der Waals surface area contributed by atoms with Crippen LogP contribution in [0.1, 0.15) is 239 Å². The van der Waals surface area contributed by atoms with Crippen molar-refractivity contribution in [1.29, 1.82) is 0 Å². The molecule has 0 bridgehead atoms. The average Bonchev–Trinajstić information content (AvgIpc) is 3.43. The van der Waals surface area contributed by atoms with Gasteiger partial charge < -0.3 is 14.2 Å². The Kier molecular flexibility index (Phi) is 59.0. The Morgan fingerprint density at radius 3 is 0.909 bits per heavy atom. The fourth-order valence-corrected chi connectivity index (χ4v) is 7.69.